The van der Waals surface area contributed by atoms with E-state index in [-0.39, 0.29) is 6.04 Å². The lowest BCUT2D eigenvalue weighted by atomic mass is 10.2. The lowest BCUT2D eigenvalue weighted by Crippen LogP contribution is -2.11. The smallest absolute Gasteiger partial charge is 0.243 e. The van der Waals surface area contributed by atoms with Crippen LogP contribution in [0, 0.1) is 5.92 Å². The molecule has 1 aliphatic rings. The van der Waals surface area contributed by atoms with E-state index in [0.717, 1.165) is 30.3 Å². The molecule has 1 fully saturated rings. The molecule has 1 saturated carbocycles. The Hall–Kier alpha value is -0.550. The molecule has 0 radical (unpaired) electrons. The number of thioether (sulfide) groups is 1. The molecule has 0 amide bonds. The molecule has 0 aromatic carbocycles. The highest BCUT2D eigenvalue weighted by Crippen LogP contribution is 2.31. The summed E-state index contributed by atoms with van der Waals surface area (Å²) in [5.41, 5.74) is 5.93. The molecule has 1 aromatic rings. The van der Waals surface area contributed by atoms with E-state index in [1.807, 2.05) is 0 Å². The minimum absolute atomic E-state index is 0.0992. The number of rotatable bonds is 6. The highest BCUT2D eigenvalue weighted by Gasteiger charge is 2.24. The first-order chi connectivity index (χ1) is 7.29. The van der Waals surface area contributed by atoms with Crippen molar-refractivity contribution in [2.75, 3.05) is 12.0 Å². The summed E-state index contributed by atoms with van der Waals surface area (Å²) in [6.45, 7) is 0. The van der Waals surface area contributed by atoms with Crippen molar-refractivity contribution < 1.29 is 4.52 Å². The third kappa shape index (κ3) is 3.21. The van der Waals surface area contributed by atoms with Crippen LogP contribution >= 0.6 is 11.8 Å². The van der Waals surface area contributed by atoms with Crippen molar-refractivity contribution in [3.05, 3.63) is 11.7 Å². The predicted molar refractivity (Wildman–Crippen MR) is 60.7 cm³/mol. The molecule has 4 nitrogen and oxygen atoms in total. The van der Waals surface area contributed by atoms with Crippen LogP contribution in [0.3, 0.4) is 0 Å². The van der Waals surface area contributed by atoms with Gasteiger partial charge in [0.25, 0.3) is 0 Å². The number of hydrogen-bond donors (Lipinski definition) is 1. The van der Waals surface area contributed by atoms with Crippen LogP contribution in [0.15, 0.2) is 4.52 Å². The first-order valence-corrected chi connectivity index (χ1v) is 6.76. The van der Waals surface area contributed by atoms with E-state index < -0.39 is 0 Å². The molecule has 84 valence electrons. The number of nitrogens with zero attached hydrogens (tertiary/aromatic N) is 2. The number of aromatic nitrogens is 2. The van der Waals surface area contributed by atoms with E-state index in [4.69, 9.17) is 10.3 Å². The largest absolute Gasteiger partial charge is 0.338 e. The highest BCUT2D eigenvalue weighted by atomic mass is 32.2. The zero-order valence-corrected chi connectivity index (χ0v) is 9.80. The lowest BCUT2D eigenvalue weighted by molar-refractivity contribution is 0.348. The quantitative estimate of drug-likeness (QED) is 0.802. The van der Waals surface area contributed by atoms with Crippen LogP contribution in [0.5, 0.6) is 0 Å². The summed E-state index contributed by atoms with van der Waals surface area (Å²) in [5, 5.41) is 3.95. The fourth-order valence-electron chi connectivity index (χ4n) is 1.45. The molecule has 1 atom stereocenters. The van der Waals surface area contributed by atoms with Crippen LogP contribution in [-0.4, -0.2) is 22.1 Å². The molecule has 2 rings (SSSR count). The van der Waals surface area contributed by atoms with Crippen LogP contribution < -0.4 is 5.73 Å². The van der Waals surface area contributed by atoms with Gasteiger partial charge in [-0.3, -0.25) is 0 Å². The Bertz CT molecular complexity index is 311. The molecule has 5 heteroatoms. The van der Waals surface area contributed by atoms with Gasteiger partial charge in [0.05, 0.1) is 6.04 Å². The topological polar surface area (TPSA) is 64.9 Å². The monoisotopic (exact) mass is 227 g/mol. The standard InChI is InChI=1S/C10H17N3OS/c1-15-5-4-8(11)10-12-9(13-14-10)6-7-2-3-7/h7-8H,2-6,11H2,1H3/t8-/m0/s1. The highest BCUT2D eigenvalue weighted by molar-refractivity contribution is 7.98. The van der Waals surface area contributed by atoms with Crippen LogP contribution in [-0.2, 0) is 6.42 Å². The molecule has 2 N–H and O–H groups in total. The summed E-state index contributed by atoms with van der Waals surface area (Å²) in [6, 6.07) is -0.0992. The molecular weight excluding hydrogens is 210 g/mol. The second-order valence-corrected chi connectivity index (χ2v) is 5.07. The van der Waals surface area contributed by atoms with Gasteiger partial charge in [-0.15, -0.1) is 0 Å². The van der Waals surface area contributed by atoms with Gasteiger partial charge >= 0.3 is 0 Å². The third-order valence-electron chi connectivity index (χ3n) is 2.60. The van der Waals surface area contributed by atoms with Gasteiger partial charge in [0.1, 0.15) is 0 Å². The molecule has 15 heavy (non-hydrogen) atoms. The van der Waals surface area contributed by atoms with Gasteiger partial charge in [0.2, 0.25) is 5.89 Å². The second kappa shape index (κ2) is 4.99. The first kappa shape index (κ1) is 11.0. The van der Waals surface area contributed by atoms with Crippen molar-refractivity contribution in [1.29, 1.82) is 0 Å². The summed E-state index contributed by atoms with van der Waals surface area (Å²) in [5.74, 6) is 3.24. The number of nitrogens with two attached hydrogens (primary N) is 1. The van der Waals surface area contributed by atoms with Crippen LogP contribution in [0.1, 0.15) is 37.0 Å². The SMILES string of the molecule is CSCC[C@H](N)c1nc(CC2CC2)no1. The van der Waals surface area contributed by atoms with Gasteiger partial charge in [0.15, 0.2) is 5.82 Å². The molecule has 0 aliphatic heterocycles. The Balaban J connectivity index is 1.86. The van der Waals surface area contributed by atoms with Crippen molar-refractivity contribution in [2.24, 2.45) is 11.7 Å². The molecule has 1 heterocycles. The molecule has 0 bridgehead atoms. The minimum Gasteiger partial charge on any atom is -0.338 e. The Morgan fingerprint density at radius 2 is 2.40 bits per heavy atom. The molecule has 0 saturated heterocycles. The fourth-order valence-corrected chi connectivity index (χ4v) is 1.94. The van der Waals surface area contributed by atoms with E-state index in [0.29, 0.717) is 5.89 Å². The third-order valence-corrected chi connectivity index (χ3v) is 3.25. The van der Waals surface area contributed by atoms with Gasteiger partial charge in [-0.2, -0.15) is 16.7 Å². The maximum Gasteiger partial charge on any atom is 0.243 e. The summed E-state index contributed by atoms with van der Waals surface area (Å²) >= 11 is 1.78. The van der Waals surface area contributed by atoms with Gasteiger partial charge in [0, 0.05) is 6.42 Å². The number of hydrogen-bond acceptors (Lipinski definition) is 5. The second-order valence-electron chi connectivity index (χ2n) is 4.08. The van der Waals surface area contributed by atoms with Crippen molar-refractivity contribution >= 4 is 11.8 Å². The molecule has 1 aliphatic carbocycles. The lowest BCUT2D eigenvalue weighted by Gasteiger charge is -2.03. The first-order valence-electron chi connectivity index (χ1n) is 5.36. The van der Waals surface area contributed by atoms with Crippen molar-refractivity contribution in [3.8, 4) is 0 Å². The average Bonchev–Trinajstić information content (AvgIpc) is 2.91. The maximum atomic E-state index is 5.93. The summed E-state index contributed by atoms with van der Waals surface area (Å²) < 4.78 is 5.16. The molecule has 0 unspecified atom stereocenters. The summed E-state index contributed by atoms with van der Waals surface area (Å²) in [7, 11) is 0. The van der Waals surface area contributed by atoms with Crippen LogP contribution in [0.25, 0.3) is 0 Å². The Labute approximate surface area is 94.0 Å². The molecule has 0 spiro atoms. The van der Waals surface area contributed by atoms with E-state index >= 15 is 0 Å². The van der Waals surface area contributed by atoms with Gasteiger partial charge in [-0.1, -0.05) is 5.16 Å². The van der Waals surface area contributed by atoms with Gasteiger partial charge in [-0.05, 0) is 37.2 Å². The molecular formula is C10H17N3OS. The van der Waals surface area contributed by atoms with Crippen LogP contribution in [0.4, 0.5) is 0 Å². The minimum atomic E-state index is -0.0992. The van der Waals surface area contributed by atoms with Crippen molar-refractivity contribution in [1.82, 2.24) is 10.1 Å². The Morgan fingerprint density at radius 1 is 1.60 bits per heavy atom. The van der Waals surface area contributed by atoms with Crippen LogP contribution in [0.2, 0.25) is 0 Å². The van der Waals surface area contributed by atoms with E-state index in [1.54, 1.807) is 11.8 Å². The zero-order chi connectivity index (χ0) is 10.7. The zero-order valence-electron chi connectivity index (χ0n) is 8.98. The van der Waals surface area contributed by atoms with Crippen molar-refractivity contribution in [3.63, 3.8) is 0 Å². The summed E-state index contributed by atoms with van der Waals surface area (Å²) in [4.78, 5) is 4.33. The normalized spacial score (nSPS) is 18.0. The van der Waals surface area contributed by atoms with Gasteiger partial charge < -0.3 is 10.3 Å². The Kier molecular flexibility index (Phi) is 3.64. The van der Waals surface area contributed by atoms with E-state index in [1.165, 1.54) is 12.8 Å². The Morgan fingerprint density at radius 3 is 3.07 bits per heavy atom. The fraction of sp³-hybridized carbons (Fsp3) is 0.800. The van der Waals surface area contributed by atoms with Gasteiger partial charge in [-0.25, -0.2) is 0 Å². The predicted octanol–water partition coefficient (Wildman–Crippen LogP) is 1.77. The van der Waals surface area contributed by atoms with E-state index in [9.17, 15) is 0 Å². The average molecular weight is 227 g/mol. The van der Waals surface area contributed by atoms with E-state index in [2.05, 4.69) is 16.4 Å². The summed E-state index contributed by atoms with van der Waals surface area (Å²) in [6.07, 6.45) is 6.54. The molecule has 1 aromatic heterocycles. The van der Waals surface area contributed by atoms with Crippen molar-refractivity contribution in [2.45, 2.75) is 31.7 Å². The maximum absolute atomic E-state index is 5.93.